The van der Waals surface area contributed by atoms with E-state index in [-0.39, 0.29) is 5.75 Å². The van der Waals surface area contributed by atoms with Gasteiger partial charge in [-0.2, -0.15) is 5.10 Å². The normalized spacial score (nSPS) is 11.8. The average Bonchev–Trinajstić information content (AvgIpc) is 3.15. The quantitative estimate of drug-likeness (QED) is 0.542. The van der Waals surface area contributed by atoms with Gasteiger partial charge in [-0.25, -0.2) is 4.98 Å². The zero-order chi connectivity index (χ0) is 19.0. The Hall–Kier alpha value is -3.22. The number of fused-ring (bicyclic) bond motifs is 3. The van der Waals surface area contributed by atoms with E-state index in [2.05, 4.69) is 15.4 Å². The second-order valence-corrected chi connectivity index (χ2v) is 6.29. The molecule has 0 unspecified atom stereocenters. The minimum atomic E-state index is 0.141. The molecule has 0 spiro atoms. The number of aryl methyl sites for hydroxylation is 1. The van der Waals surface area contributed by atoms with Crippen molar-refractivity contribution >= 4 is 11.6 Å². The lowest BCUT2D eigenvalue weighted by atomic mass is 10.1. The predicted molar refractivity (Wildman–Crippen MR) is 103 cm³/mol. The number of benzene rings is 1. The summed E-state index contributed by atoms with van der Waals surface area (Å²) in [5, 5.41) is 18.2. The van der Waals surface area contributed by atoms with Crippen molar-refractivity contribution in [1.29, 1.82) is 0 Å². The number of hydrogen-bond donors (Lipinski definition) is 2. The van der Waals surface area contributed by atoms with Gasteiger partial charge in [0, 0.05) is 30.8 Å². The van der Waals surface area contributed by atoms with Gasteiger partial charge in [-0.1, -0.05) is 0 Å². The molecular weight excluding hydrogens is 344 g/mol. The summed E-state index contributed by atoms with van der Waals surface area (Å²) < 4.78 is 13.0. The van der Waals surface area contributed by atoms with Gasteiger partial charge in [0.1, 0.15) is 0 Å². The first kappa shape index (κ1) is 17.2. The molecule has 0 saturated carbocycles. The molecule has 27 heavy (non-hydrogen) atoms. The van der Waals surface area contributed by atoms with Crippen molar-refractivity contribution in [2.75, 3.05) is 18.5 Å². The standard InChI is InChI=1S/C20H22N4O3/c1-4-26-16-7-6-8-21-20(16)22-19-14-9-12-10-17(27-5-2)15(25)11-13(12)18(14)24(3)23-19/h6-8,10-11,25H,4-5,9H2,1-3H3,(H,21,22,23). The van der Waals surface area contributed by atoms with E-state index in [4.69, 9.17) is 9.47 Å². The maximum absolute atomic E-state index is 10.3. The number of hydrogen-bond acceptors (Lipinski definition) is 6. The largest absolute Gasteiger partial charge is 0.504 e. The fourth-order valence-corrected chi connectivity index (χ4v) is 3.48. The molecule has 1 aromatic carbocycles. The van der Waals surface area contributed by atoms with Crippen LogP contribution in [0.15, 0.2) is 30.5 Å². The van der Waals surface area contributed by atoms with Gasteiger partial charge in [0.15, 0.2) is 28.9 Å². The molecule has 0 amide bonds. The predicted octanol–water partition coefficient (Wildman–Crippen LogP) is 3.63. The summed E-state index contributed by atoms with van der Waals surface area (Å²) in [6.07, 6.45) is 2.42. The van der Waals surface area contributed by atoms with Gasteiger partial charge in [0.2, 0.25) is 0 Å². The van der Waals surface area contributed by atoms with Crippen LogP contribution in [0.1, 0.15) is 25.0 Å². The molecule has 0 fully saturated rings. The number of phenols is 1. The highest BCUT2D eigenvalue weighted by molar-refractivity contribution is 5.82. The molecule has 0 saturated heterocycles. The minimum Gasteiger partial charge on any atom is -0.504 e. The molecule has 1 aliphatic rings. The number of ether oxygens (including phenoxy) is 2. The molecule has 2 heterocycles. The topological polar surface area (TPSA) is 81.4 Å². The molecule has 1 aliphatic carbocycles. The molecule has 3 aromatic rings. The third-order valence-corrected chi connectivity index (χ3v) is 4.56. The molecule has 0 aliphatic heterocycles. The molecule has 7 heteroatoms. The molecule has 2 aromatic heterocycles. The Morgan fingerprint density at radius 3 is 2.70 bits per heavy atom. The van der Waals surface area contributed by atoms with Gasteiger partial charge in [-0.3, -0.25) is 4.68 Å². The van der Waals surface area contributed by atoms with Crippen molar-refractivity contribution in [3.63, 3.8) is 0 Å². The van der Waals surface area contributed by atoms with Crippen LogP contribution in [-0.2, 0) is 13.5 Å². The van der Waals surface area contributed by atoms with Crippen LogP contribution < -0.4 is 14.8 Å². The van der Waals surface area contributed by atoms with Crippen molar-refractivity contribution in [2.24, 2.45) is 7.05 Å². The Bertz CT molecular complexity index is 997. The Balaban J connectivity index is 1.72. The molecule has 0 atom stereocenters. The van der Waals surface area contributed by atoms with Gasteiger partial charge in [0.25, 0.3) is 0 Å². The number of aromatic nitrogens is 3. The Morgan fingerprint density at radius 1 is 1.15 bits per heavy atom. The molecule has 0 bridgehead atoms. The number of rotatable bonds is 6. The van der Waals surface area contributed by atoms with Crippen LogP contribution in [-0.4, -0.2) is 33.1 Å². The highest BCUT2D eigenvalue weighted by Crippen LogP contribution is 2.45. The maximum atomic E-state index is 10.3. The molecule has 4 rings (SSSR count). The van der Waals surface area contributed by atoms with E-state index >= 15 is 0 Å². The first-order chi connectivity index (χ1) is 13.1. The van der Waals surface area contributed by atoms with E-state index in [1.54, 1.807) is 12.3 Å². The van der Waals surface area contributed by atoms with Crippen LogP contribution in [0.4, 0.5) is 11.6 Å². The van der Waals surface area contributed by atoms with Crippen LogP contribution in [0.5, 0.6) is 17.2 Å². The van der Waals surface area contributed by atoms with Crippen molar-refractivity contribution in [1.82, 2.24) is 14.8 Å². The summed E-state index contributed by atoms with van der Waals surface area (Å²) in [7, 11) is 1.90. The smallest absolute Gasteiger partial charge is 0.174 e. The summed E-state index contributed by atoms with van der Waals surface area (Å²) in [5.41, 5.74) is 4.13. The van der Waals surface area contributed by atoms with Gasteiger partial charge in [-0.15, -0.1) is 0 Å². The van der Waals surface area contributed by atoms with E-state index in [0.29, 0.717) is 37.0 Å². The number of pyridine rings is 1. The van der Waals surface area contributed by atoms with Gasteiger partial charge >= 0.3 is 0 Å². The van der Waals surface area contributed by atoms with Crippen LogP contribution in [0.3, 0.4) is 0 Å². The number of aromatic hydroxyl groups is 1. The van der Waals surface area contributed by atoms with Crippen LogP contribution in [0, 0.1) is 0 Å². The molecule has 140 valence electrons. The Kier molecular flexibility index (Phi) is 4.35. The third-order valence-electron chi connectivity index (χ3n) is 4.56. The highest BCUT2D eigenvalue weighted by atomic mass is 16.5. The van der Waals surface area contributed by atoms with E-state index in [1.165, 1.54) is 0 Å². The molecule has 0 radical (unpaired) electrons. The summed E-state index contributed by atoms with van der Waals surface area (Å²) >= 11 is 0. The lowest BCUT2D eigenvalue weighted by molar-refractivity contribution is 0.318. The Morgan fingerprint density at radius 2 is 1.93 bits per heavy atom. The molecule has 7 nitrogen and oxygen atoms in total. The van der Waals surface area contributed by atoms with E-state index in [9.17, 15) is 5.11 Å². The second-order valence-electron chi connectivity index (χ2n) is 6.29. The zero-order valence-corrected chi connectivity index (χ0v) is 15.6. The Labute approximate surface area is 157 Å². The first-order valence-electron chi connectivity index (χ1n) is 9.02. The third kappa shape index (κ3) is 2.95. The van der Waals surface area contributed by atoms with E-state index < -0.39 is 0 Å². The number of anilines is 2. The number of phenolic OH excluding ortho intramolecular Hbond substituents is 1. The van der Waals surface area contributed by atoms with E-state index in [1.807, 2.05) is 43.8 Å². The monoisotopic (exact) mass is 366 g/mol. The maximum Gasteiger partial charge on any atom is 0.174 e. The van der Waals surface area contributed by atoms with Crippen molar-refractivity contribution in [3.05, 3.63) is 41.6 Å². The summed E-state index contributed by atoms with van der Waals surface area (Å²) in [6, 6.07) is 7.38. The molecular formula is C20H22N4O3. The molecule has 2 N–H and O–H groups in total. The van der Waals surface area contributed by atoms with Crippen molar-refractivity contribution in [3.8, 4) is 28.5 Å². The van der Waals surface area contributed by atoms with E-state index in [0.717, 1.165) is 28.2 Å². The SMILES string of the molecule is CCOc1cc2c(cc1O)-c1c(c(Nc3ncccc3OCC)nn1C)C2. The fourth-order valence-electron chi connectivity index (χ4n) is 3.48. The average molecular weight is 366 g/mol. The van der Waals surface area contributed by atoms with Crippen LogP contribution in [0.25, 0.3) is 11.3 Å². The lowest BCUT2D eigenvalue weighted by Gasteiger charge is -2.10. The van der Waals surface area contributed by atoms with Gasteiger partial charge in [-0.05, 0) is 43.7 Å². The van der Waals surface area contributed by atoms with Crippen LogP contribution in [0.2, 0.25) is 0 Å². The van der Waals surface area contributed by atoms with Crippen molar-refractivity contribution < 1.29 is 14.6 Å². The minimum absolute atomic E-state index is 0.141. The van der Waals surface area contributed by atoms with Crippen molar-refractivity contribution in [2.45, 2.75) is 20.3 Å². The summed E-state index contributed by atoms with van der Waals surface area (Å²) in [5.74, 6) is 2.71. The van der Waals surface area contributed by atoms with Gasteiger partial charge < -0.3 is 19.9 Å². The summed E-state index contributed by atoms with van der Waals surface area (Å²) in [4.78, 5) is 4.38. The highest BCUT2D eigenvalue weighted by Gasteiger charge is 2.28. The second kappa shape index (κ2) is 6.83. The zero-order valence-electron chi connectivity index (χ0n) is 15.6. The summed E-state index contributed by atoms with van der Waals surface area (Å²) in [6.45, 7) is 4.91. The van der Waals surface area contributed by atoms with Crippen LogP contribution >= 0.6 is 0 Å². The first-order valence-corrected chi connectivity index (χ1v) is 9.02. The lowest BCUT2D eigenvalue weighted by Crippen LogP contribution is -2.02. The number of nitrogens with one attached hydrogen (secondary N) is 1. The number of nitrogens with zero attached hydrogens (tertiary/aromatic N) is 3. The fraction of sp³-hybridized carbons (Fsp3) is 0.300. The van der Waals surface area contributed by atoms with Gasteiger partial charge in [0.05, 0.1) is 18.9 Å².